The largest absolute Gasteiger partial charge is 0.380 e. The Bertz CT molecular complexity index is 432. The number of halogens is 1. The predicted molar refractivity (Wildman–Crippen MR) is 79.2 cm³/mol. The maximum Gasteiger partial charge on any atom is 0.101 e. The Kier molecular flexibility index (Phi) is 5.20. The lowest BCUT2D eigenvalue weighted by Gasteiger charge is -2.14. The van der Waals surface area contributed by atoms with Crippen molar-refractivity contribution < 1.29 is 4.74 Å². The number of nitrogens with one attached hydrogen (secondary N) is 1. The van der Waals surface area contributed by atoms with Crippen LogP contribution in [-0.2, 0) is 11.3 Å². The summed E-state index contributed by atoms with van der Waals surface area (Å²) in [6.07, 6.45) is 4.74. The molecule has 1 aromatic rings. The minimum Gasteiger partial charge on any atom is -0.380 e. The van der Waals surface area contributed by atoms with Gasteiger partial charge in [0.25, 0.3) is 0 Å². The van der Waals surface area contributed by atoms with Gasteiger partial charge in [-0.3, -0.25) is 4.99 Å². The number of rotatable bonds is 3. The van der Waals surface area contributed by atoms with Crippen LogP contribution in [0.2, 0.25) is 0 Å². The highest BCUT2D eigenvalue weighted by Gasteiger charge is 2.09. The summed E-state index contributed by atoms with van der Waals surface area (Å²) >= 11 is 3.57. The normalized spacial score (nSPS) is 16.0. The van der Waals surface area contributed by atoms with Crippen LogP contribution in [0.1, 0.15) is 31.2 Å². The first-order valence-electron chi connectivity index (χ1n) is 6.38. The van der Waals surface area contributed by atoms with Gasteiger partial charge in [0.05, 0.1) is 6.61 Å². The fraction of sp³-hybridized carbons (Fsp3) is 0.500. The van der Waals surface area contributed by atoms with Crippen LogP contribution in [0.5, 0.6) is 0 Å². The van der Waals surface area contributed by atoms with E-state index in [9.17, 15) is 0 Å². The van der Waals surface area contributed by atoms with Crippen molar-refractivity contribution in [3.63, 3.8) is 0 Å². The van der Waals surface area contributed by atoms with Gasteiger partial charge in [-0.1, -0.05) is 28.4 Å². The van der Waals surface area contributed by atoms with Gasteiger partial charge < -0.3 is 10.1 Å². The summed E-state index contributed by atoms with van der Waals surface area (Å²) in [7, 11) is 1.71. The number of ether oxygens (including phenoxy) is 1. The Balaban J connectivity index is 2.17. The van der Waals surface area contributed by atoms with E-state index in [0.717, 1.165) is 34.5 Å². The van der Waals surface area contributed by atoms with Crippen molar-refractivity contribution in [3.05, 3.63) is 28.2 Å². The van der Waals surface area contributed by atoms with Crippen molar-refractivity contribution in [1.29, 1.82) is 0 Å². The van der Waals surface area contributed by atoms with Crippen molar-refractivity contribution in [2.45, 2.75) is 32.3 Å². The van der Waals surface area contributed by atoms with E-state index in [4.69, 9.17) is 4.74 Å². The Morgan fingerprint density at radius 3 is 3.06 bits per heavy atom. The van der Waals surface area contributed by atoms with E-state index in [1.165, 1.54) is 19.3 Å². The van der Waals surface area contributed by atoms with Crippen molar-refractivity contribution in [2.75, 3.05) is 19.0 Å². The lowest BCUT2D eigenvalue weighted by molar-refractivity contribution is 0.185. The molecule has 1 N–H and O–H groups in total. The molecule has 0 radical (unpaired) electrons. The van der Waals surface area contributed by atoms with Crippen LogP contribution < -0.4 is 5.32 Å². The van der Waals surface area contributed by atoms with E-state index >= 15 is 0 Å². The lowest BCUT2D eigenvalue weighted by Crippen LogP contribution is -2.13. The highest BCUT2D eigenvalue weighted by Crippen LogP contribution is 2.26. The molecule has 1 aromatic carbocycles. The van der Waals surface area contributed by atoms with Gasteiger partial charge in [-0.25, -0.2) is 0 Å². The highest BCUT2D eigenvalue weighted by atomic mass is 79.9. The molecule has 1 aliphatic heterocycles. The topological polar surface area (TPSA) is 33.6 Å². The molecule has 3 nitrogen and oxygen atoms in total. The quantitative estimate of drug-likeness (QED) is 0.916. The van der Waals surface area contributed by atoms with Gasteiger partial charge >= 0.3 is 0 Å². The molecule has 0 aliphatic carbocycles. The number of benzene rings is 1. The maximum atomic E-state index is 5.25. The van der Waals surface area contributed by atoms with Gasteiger partial charge in [0.1, 0.15) is 5.84 Å². The minimum absolute atomic E-state index is 0.594. The zero-order chi connectivity index (χ0) is 12.8. The van der Waals surface area contributed by atoms with E-state index in [2.05, 4.69) is 32.3 Å². The second-order valence-electron chi connectivity index (χ2n) is 4.46. The third-order valence-corrected chi connectivity index (χ3v) is 3.80. The van der Waals surface area contributed by atoms with Crippen molar-refractivity contribution in [2.24, 2.45) is 4.99 Å². The molecule has 0 spiro atoms. The zero-order valence-electron chi connectivity index (χ0n) is 10.7. The molecule has 0 saturated heterocycles. The van der Waals surface area contributed by atoms with Crippen LogP contribution in [-0.4, -0.2) is 19.5 Å². The molecule has 2 rings (SSSR count). The molecule has 4 heteroatoms. The number of hydrogen-bond acceptors (Lipinski definition) is 3. The summed E-state index contributed by atoms with van der Waals surface area (Å²) in [5.41, 5.74) is 2.24. The van der Waals surface area contributed by atoms with E-state index in [1.54, 1.807) is 7.11 Å². The number of anilines is 1. The summed E-state index contributed by atoms with van der Waals surface area (Å²) in [5, 5.41) is 3.46. The van der Waals surface area contributed by atoms with Crippen molar-refractivity contribution in [3.8, 4) is 0 Å². The monoisotopic (exact) mass is 310 g/mol. The summed E-state index contributed by atoms with van der Waals surface area (Å²) < 4.78 is 6.33. The fourth-order valence-electron chi connectivity index (χ4n) is 2.10. The molecule has 1 heterocycles. The standard InChI is InChI=1S/C14H19BrN2O/c1-18-10-11-12(15)6-5-7-13(11)17-14-8-3-2-4-9-16-14/h5-7H,2-4,8-10H2,1H3,(H,16,17). The van der Waals surface area contributed by atoms with Crippen molar-refractivity contribution in [1.82, 2.24) is 0 Å². The number of nitrogens with zero attached hydrogens (tertiary/aromatic N) is 1. The zero-order valence-corrected chi connectivity index (χ0v) is 12.3. The molecule has 0 amide bonds. The van der Waals surface area contributed by atoms with Crippen LogP contribution in [0.4, 0.5) is 5.69 Å². The number of aliphatic imine (C=N–C) groups is 1. The first-order valence-corrected chi connectivity index (χ1v) is 7.17. The number of hydrogen-bond donors (Lipinski definition) is 1. The number of amidine groups is 1. The van der Waals surface area contributed by atoms with E-state index in [-0.39, 0.29) is 0 Å². The summed E-state index contributed by atoms with van der Waals surface area (Å²) in [5.74, 6) is 1.10. The fourth-order valence-corrected chi connectivity index (χ4v) is 2.58. The first-order chi connectivity index (χ1) is 8.81. The van der Waals surface area contributed by atoms with Crippen LogP contribution in [0, 0.1) is 0 Å². The van der Waals surface area contributed by atoms with Gasteiger partial charge in [-0.15, -0.1) is 0 Å². The Labute approximate surface area is 117 Å². The molecule has 1 aliphatic rings. The van der Waals surface area contributed by atoms with Crippen LogP contribution in [0.15, 0.2) is 27.7 Å². The Hall–Kier alpha value is -0.870. The molecule has 0 aromatic heterocycles. The van der Waals surface area contributed by atoms with Gasteiger partial charge in [0.15, 0.2) is 0 Å². The van der Waals surface area contributed by atoms with E-state index < -0.39 is 0 Å². The second-order valence-corrected chi connectivity index (χ2v) is 5.32. The molecule has 0 atom stereocenters. The van der Waals surface area contributed by atoms with Gasteiger partial charge in [-0.2, -0.15) is 0 Å². The van der Waals surface area contributed by atoms with Crippen LogP contribution in [0.25, 0.3) is 0 Å². The molecular formula is C14H19BrN2O. The van der Waals surface area contributed by atoms with Crippen molar-refractivity contribution >= 4 is 27.5 Å². The SMILES string of the molecule is COCc1c(Br)cccc1NC1=NCCCCC1. The summed E-state index contributed by atoms with van der Waals surface area (Å²) in [4.78, 5) is 4.60. The third-order valence-electron chi connectivity index (χ3n) is 3.06. The maximum absolute atomic E-state index is 5.25. The minimum atomic E-state index is 0.594. The van der Waals surface area contributed by atoms with Crippen LogP contribution >= 0.6 is 15.9 Å². The molecule has 0 unspecified atom stereocenters. The predicted octanol–water partition coefficient (Wildman–Crippen LogP) is 3.98. The molecule has 18 heavy (non-hydrogen) atoms. The molecule has 98 valence electrons. The highest BCUT2D eigenvalue weighted by molar-refractivity contribution is 9.10. The summed E-state index contributed by atoms with van der Waals surface area (Å²) in [6.45, 7) is 1.53. The smallest absolute Gasteiger partial charge is 0.101 e. The van der Waals surface area contributed by atoms with Crippen LogP contribution in [0.3, 0.4) is 0 Å². The average Bonchev–Trinajstić information content (AvgIpc) is 2.62. The molecule has 0 fully saturated rings. The van der Waals surface area contributed by atoms with Gasteiger partial charge in [0.2, 0.25) is 0 Å². The molecular weight excluding hydrogens is 292 g/mol. The second kappa shape index (κ2) is 6.90. The number of methoxy groups -OCH3 is 1. The lowest BCUT2D eigenvalue weighted by atomic mass is 10.1. The van der Waals surface area contributed by atoms with E-state index in [0.29, 0.717) is 6.61 Å². The third kappa shape index (κ3) is 3.56. The average molecular weight is 311 g/mol. The summed E-state index contributed by atoms with van der Waals surface area (Å²) in [6, 6.07) is 6.14. The molecule has 0 saturated carbocycles. The van der Waals surface area contributed by atoms with E-state index in [1.807, 2.05) is 12.1 Å². The Morgan fingerprint density at radius 1 is 1.33 bits per heavy atom. The first kappa shape index (κ1) is 13.6. The van der Waals surface area contributed by atoms with Gasteiger partial charge in [-0.05, 0) is 25.0 Å². The van der Waals surface area contributed by atoms with Gasteiger partial charge in [0, 0.05) is 35.8 Å². The Morgan fingerprint density at radius 2 is 2.22 bits per heavy atom. The molecule has 0 bridgehead atoms.